The second kappa shape index (κ2) is 9.11. The number of hydrogen-bond acceptors (Lipinski definition) is 3. The zero-order chi connectivity index (χ0) is 28.0. The molecule has 4 nitrogen and oxygen atoms in total. The van der Waals surface area contributed by atoms with Crippen LogP contribution >= 0.6 is 0 Å². The first-order valence-corrected chi connectivity index (χ1v) is 19.6. The maximum absolute atomic E-state index is 4.48. The molecule has 0 amide bonds. The van der Waals surface area contributed by atoms with Gasteiger partial charge in [0.15, 0.2) is 0 Å². The van der Waals surface area contributed by atoms with Crippen LogP contribution in [0.3, 0.4) is 0 Å². The van der Waals surface area contributed by atoms with Gasteiger partial charge in [-0.1, -0.05) is 0 Å². The van der Waals surface area contributed by atoms with Crippen LogP contribution in [-0.2, 0) is 12.8 Å². The molecule has 0 spiro atoms. The summed E-state index contributed by atoms with van der Waals surface area (Å²) < 4.78 is 5.66. The Labute approximate surface area is 253 Å². The van der Waals surface area contributed by atoms with E-state index in [1.54, 1.807) is 33.3 Å². The molecule has 7 heteroatoms. The normalized spacial score (nSPS) is 16.0. The molecule has 2 aromatic heterocycles. The van der Waals surface area contributed by atoms with Gasteiger partial charge in [0.05, 0.1) is 0 Å². The number of rotatable bonds is 2. The van der Waals surface area contributed by atoms with Gasteiger partial charge < -0.3 is 0 Å². The molecule has 0 saturated carbocycles. The third-order valence-corrected chi connectivity index (χ3v) is 15.8. The Balaban J connectivity index is 1.28. The van der Waals surface area contributed by atoms with Gasteiger partial charge in [-0.2, -0.15) is 0 Å². The van der Waals surface area contributed by atoms with E-state index in [9.17, 15) is 0 Å². The summed E-state index contributed by atoms with van der Waals surface area (Å²) in [5, 5.41) is 4.53. The van der Waals surface area contributed by atoms with Crippen LogP contribution in [0.25, 0.3) is 28.0 Å². The molecule has 3 aliphatic rings. The van der Waals surface area contributed by atoms with Gasteiger partial charge in [-0.05, 0) is 0 Å². The second-order valence-electron chi connectivity index (χ2n) is 12.3. The molecular formula is C35H29BN4SeSi. The standard InChI is InChI=1S/C35H29BN4SeSi/c1-42(2)32-13-7-12-31-34(32)36(26-16-14-22(18-33(26)42)35-38-20-37-21-39-35)27-19-23(15-17-30(27)41-31)40-28-10-5-3-8-24(28)25-9-4-6-11-29(25)40/h3,5,7-8,10,12-21H,4,6,9,11H2,1-2H3. The van der Waals surface area contributed by atoms with E-state index in [1.807, 2.05) is 0 Å². The molecule has 2 aliphatic heterocycles. The van der Waals surface area contributed by atoms with E-state index in [4.69, 9.17) is 0 Å². The molecule has 0 radical (unpaired) electrons. The van der Waals surface area contributed by atoms with Crippen LogP contribution < -0.4 is 35.7 Å². The first-order valence-electron chi connectivity index (χ1n) is 14.9. The number of hydrogen-bond donors (Lipinski definition) is 0. The maximum atomic E-state index is 4.48. The first-order chi connectivity index (χ1) is 20.6. The van der Waals surface area contributed by atoms with Crippen LogP contribution in [0.5, 0.6) is 0 Å². The molecule has 1 aliphatic carbocycles. The first kappa shape index (κ1) is 24.8. The van der Waals surface area contributed by atoms with Gasteiger partial charge in [0.1, 0.15) is 0 Å². The van der Waals surface area contributed by atoms with E-state index in [1.165, 1.54) is 62.1 Å². The quantitative estimate of drug-likeness (QED) is 0.277. The Kier molecular flexibility index (Phi) is 5.38. The van der Waals surface area contributed by atoms with Crippen LogP contribution in [0.15, 0.2) is 91.5 Å². The molecule has 0 bridgehead atoms. The number of fused-ring (bicyclic) bond motifs is 7. The second-order valence-corrected chi connectivity index (χ2v) is 18.9. The van der Waals surface area contributed by atoms with E-state index in [0.29, 0.717) is 15.0 Å². The van der Waals surface area contributed by atoms with Crippen molar-refractivity contribution >= 4 is 76.3 Å². The topological polar surface area (TPSA) is 43.6 Å². The van der Waals surface area contributed by atoms with E-state index in [-0.39, 0.29) is 6.71 Å². The van der Waals surface area contributed by atoms with Gasteiger partial charge in [-0.15, -0.1) is 0 Å². The molecule has 0 N–H and O–H groups in total. The summed E-state index contributed by atoms with van der Waals surface area (Å²) in [6.07, 6.45) is 8.09. The van der Waals surface area contributed by atoms with E-state index >= 15 is 0 Å². The summed E-state index contributed by atoms with van der Waals surface area (Å²) in [7, 11) is -1.96. The molecule has 0 saturated heterocycles. The van der Waals surface area contributed by atoms with Crippen molar-refractivity contribution in [2.24, 2.45) is 0 Å². The van der Waals surface area contributed by atoms with Crippen LogP contribution in [0, 0.1) is 0 Å². The van der Waals surface area contributed by atoms with Crippen molar-refractivity contribution in [3.63, 3.8) is 0 Å². The van der Waals surface area contributed by atoms with E-state index < -0.39 is 8.07 Å². The fourth-order valence-electron chi connectivity index (χ4n) is 7.88. The Bertz CT molecular complexity index is 2070. The number of aromatic nitrogens is 4. The molecule has 0 atom stereocenters. The van der Waals surface area contributed by atoms with Gasteiger partial charge in [-0.25, -0.2) is 0 Å². The zero-order valence-electron chi connectivity index (χ0n) is 23.8. The van der Waals surface area contributed by atoms with Gasteiger partial charge in [0, 0.05) is 0 Å². The van der Waals surface area contributed by atoms with Crippen LogP contribution in [-0.4, -0.2) is 49.3 Å². The number of para-hydroxylation sites is 1. The minimum absolute atomic E-state index is 0.252. The van der Waals surface area contributed by atoms with Crippen molar-refractivity contribution in [2.45, 2.75) is 38.8 Å². The molecular weight excluding hydrogens is 594 g/mol. The summed E-state index contributed by atoms with van der Waals surface area (Å²) in [5.74, 6) is 0.746. The van der Waals surface area contributed by atoms with E-state index in [2.05, 4.69) is 111 Å². The predicted octanol–water partition coefficient (Wildman–Crippen LogP) is 1.98. The minimum atomic E-state index is -1.96. The molecule has 0 unspecified atom stereocenters. The average Bonchev–Trinajstić information content (AvgIpc) is 3.37. The van der Waals surface area contributed by atoms with Gasteiger partial charge in [0.25, 0.3) is 0 Å². The van der Waals surface area contributed by atoms with Crippen molar-refractivity contribution < 1.29 is 0 Å². The van der Waals surface area contributed by atoms with Crippen LogP contribution in [0.2, 0.25) is 13.1 Å². The number of nitrogens with zero attached hydrogens (tertiary/aromatic N) is 4. The van der Waals surface area contributed by atoms with Gasteiger partial charge >= 0.3 is 254 Å². The molecule has 0 fully saturated rings. The average molecular weight is 624 g/mol. The summed E-state index contributed by atoms with van der Waals surface area (Å²) >= 11 is 0.292. The monoisotopic (exact) mass is 624 g/mol. The molecule has 42 heavy (non-hydrogen) atoms. The fraction of sp³-hybridized carbons (Fsp3) is 0.171. The van der Waals surface area contributed by atoms with Crippen molar-refractivity contribution in [3.8, 4) is 17.1 Å². The molecule has 202 valence electrons. The Hall–Kier alpha value is -3.77. The summed E-state index contributed by atoms with van der Waals surface area (Å²) in [6.45, 7) is 5.29. The van der Waals surface area contributed by atoms with Crippen molar-refractivity contribution in [3.05, 3.63) is 103 Å². The van der Waals surface area contributed by atoms with E-state index in [0.717, 1.165) is 17.8 Å². The van der Waals surface area contributed by atoms with Crippen LogP contribution in [0.4, 0.5) is 0 Å². The summed E-state index contributed by atoms with van der Waals surface area (Å²) in [5.41, 5.74) is 11.4. The molecule has 4 aromatic carbocycles. The molecule has 6 aromatic rings. The third-order valence-electron chi connectivity index (χ3n) is 9.78. The van der Waals surface area contributed by atoms with Crippen molar-refractivity contribution in [2.75, 3.05) is 0 Å². The Morgan fingerprint density at radius 2 is 1.64 bits per heavy atom. The Morgan fingerprint density at radius 1 is 0.786 bits per heavy atom. The van der Waals surface area contributed by atoms with Crippen LogP contribution in [0.1, 0.15) is 24.1 Å². The summed E-state index contributed by atoms with van der Waals surface area (Å²) in [4.78, 5) is 13.0. The summed E-state index contributed by atoms with van der Waals surface area (Å²) in [6, 6.07) is 30.6. The zero-order valence-corrected chi connectivity index (χ0v) is 26.5. The fourth-order valence-corrected chi connectivity index (χ4v) is 13.7. The molecule has 9 rings (SSSR count). The predicted molar refractivity (Wildman–Crippen MR) is 178 cm³/mol. The SMILES string of the molecule is C[Si]1(C)c2cc(-c3ncncn3)ccc2B2c3cc(-n4c5c(c6ccccc64)CCCC5)ccc3[Se]c3cccc1c32. The number of benzene rings is 4. The number of aryl methyl sites for hydroxylation is 1. The van der Waals surface area contributed by atoms with Gasteiger partial charge in [-0.3, -0.25) is 0 Å². The van der Waals surface area contributed by atoms with Gasteiger partial charge in [0.2, 0.25) is 0 Å². The van der Waals surface area contributed by atoms with Crippen molar-refractivity contribution in [1.29, 1.82) is 0 Å². The molecule has 4 heterocycles. The van der Waals surface area contributed by atoms with Crippen molar-refractivity contribution in [1.82, 2.24) is 19.5 Å². The Morgan fingerprint density at radius 3 is 2.55 bits per heavy atom. The third kappa shape index (κ3) is 3.45.